The van der Waals surface area contributed by atoms with E-state index in [1.165, 1.54) is 19.4 Å². The minimum atomic E-state index is -0.924. The lowest BCUT2D eigenvalue weighted by atomic mass is 10.2. The number of hydrazone groups is 1. The molecule has 0 aliphatic rings. The van der Waals surface area contributed by atoms with Gasteiger partial charge in [-0.25, -0.2) is 10.2 Å². The number of benzene rings is 3. The van der Waals surface area contributed by atoms with Crippen LogP contribution in [0.4, 0.5) is 5.69 Å². The Hall–Kier alpha value is -4.17. The number of hydrogen-bond acceptors (Lipinski definition) is 6. The van der Waals surface area contributed by atoms with Gasteiger partial charge in [-0.05, 0) is 67.1 Å². The highest BCUT2D eigenvalue weighted by atomic mass is 35.5. The fourth-order valence-electron chi connectivity index (χ4n) is 2.63. The van der Waals surface area contributed by atoms with E-state index < -0.39 is 17.8 Å². The fourth-order valence-corrected chi connectivity index (χ4v) is 2.76. The Labute approximate surface area is 195 Å². The van der Waals surface area contributed by atoms with E-state index in [-0.39, 0.29) is 11.5 Å². The molecular formula is C24H20ClN3O5. The Kier molecular flexibility index (Phi) is 7.77. The molecular weight excluding hydrogens is 446 g/mol. The molecule has 2 amide bonds. The summed E-state index contributed by atoms with van der Waals surface area (Å²) in [4.78, 5) is 36.2. The Morgan fingerprint density at radius 1 is 0.909 bits per heavy atom. The third kappa shape index (κ3) is 6.65. The predicted molar refractivity (Wildman–Crippen MR) is 125 cm³/mol. The minimum Gasteiger partial charge on any atom is -0.493 e. The lowest BCUT2D eigenvalue weighted by molar-refractivity contribution is -0.136. The van der Waals surface area contributed by atoms with Crippen LogP contribution in [0.2, 0.25) is 5.02 Å². The van der Waals surface area contributed by atoms with Gasteiger partial charge in [-0.3, -0.25) is 9.59 Å². The van der Waals surface area contributed by atoms with Gasteiger partial charge in [0.05, 0.1) is 18.9 Å². The normalized spacial score (nSPS) is 10.5. The number of aryl methyl sites for hydroxylation is 1. The number of hydrogen-bond donors (Lipinski definition) is 2. The molecule has 3 rings (SSSR count). The van der Waals surface area contributed by atoms with Crippen molar-refractivity contribution in [2.45, 2.75) is 6.92 Å². The minimum absolute atomic E-state index is 0.205. The molecule has 168 valence electrons. The molecule has 3 aromatic rings. The molecule has 0 fully saturated rings. The van der Waals surface area contributed by atoms with Crippen molar-refractivity contribution < 1.29 is 23.9 Å². The molecule has 0 unspecified atom stereocenters. The van der Waals surface area contributed by atoms with Crippen LogP contribution < -0.4 is 20.2 Å². The maximum Gasteiger partial charge on any atom is 0.343 e. The number of esters is 1. The molecule has 0 bridgehead atoms. The first kappa shape index (κ1) is 23.5. The van der Waals surface area contributed by atoms with E-state index in [2.05, 4.69) is 15.8 Å². The number of halogens is 1. The first-order valence-corrected chi connectivity index (χ1v) is 10.1. The van der Waals surface area contributed by atoms with E-state index in [1.54, 1.807) is 48.5 Å². The highest BCUT2D eigenvalue weighted by molar-refractivity contribution is 6.39. The summed E-state index contributed by atoms with van der Waals surface area (Å²) in [6.45, 7) is 1.91. The van der Waals surface area contributed by atoms with Crippen LogP contribution in [0, 0.1) is 6.92 Å². The summed E-state index contributed by atoms with van der Waals surface area (Å²) in [7, 11) is 1.42. The molecule has 0 aliphatic heterocycles. The van der Waals surface area contributed by atoms with Gasteiger partial charge < -0.3 is 14.8 Å². The molecule has 33 heavy (non-hydrogen) atoms. The van der Waals surface area contributed by atoms with Gasteiger partial charge in [0.25, 0.3) is 0 Å². The second-order valence-corrected chi connectivity index (χ2v) is 7.26. The summed E-state index contributed by atoms with van der Waals surface area (Å²) in [6.07, 6.45) is 1.32. The highest BCUT2D eigenvalue weighted by Crippen LogP contribution is 2.28. The van der Waals surface area contributed by atoms with Gasteiger partial charge in [0.15, 0.2) is 11.5 Å². The highest BCUT2D eigenvalue weighted by Gasteiger charge is 2.14. The lowest BCUT2D eigenvalue weighted by Crippen LogP contribution is -2.32. The summed E-state index contributed by atoms with van der Waals surface area (Å²) in [5.74, 6) is -1.86. The maximum atomic E-state index is 12.3. The average molecular weight is 466 g/mol. The van der Waals surface area contributed by atoms with Gasteiger partial charge >= 0.3 is 17.8 Å². The summed E-state index contributed by atoms with van der Waals surface area (Å²) in [5, 5.41) is 6.76. The van der Waals surface area contributed by atoms with Gasteiger partial charge in [0.1, 0.15) is 0 Å². The van der Waals surface area contributed by atoms with Crippen molar-refractivity contribution >= 4 is 41.3 Å². The molecule has 3 aromatic carbocycles. The van der Waals surface area contributed by atoms with Gasteiger partial charge in [0.2, 0.25) is 0 Å². The van der Waals surface area contributed by atoms with Crippen molar-refractivity contribution in [1.29, 1.82) is 0 Å². The van der Waals surface area contributed by atoms with Crippen molar-refractivity contribution in [3.63, 3.8) is 0 Å². The van der Waals surface area contributed by atoms with Crippen LogP contribution in [-0.4, -0.2) is 31.1 Å². The monoisotopic (exact) mass is 465 g/mol. The standard InChI is InChI=1S/C24H20ClN3O5/c1-15-3-10-19(11-4-15)27-22(29)23(30)28-26-14-16-5-12-20(21(13-16)32-2)33-24(31)17-6-8-18(25)9-7-17/h3-14H,1-2H3,(H,27,29)(H,28,30)/b26-14+. The molecule has 8 nitrogen and oxygen atoms in total. The Morgan fingerprint density at radius 2 is 1.61 bits per heavy atom. The third-order valence-corrected chi connectivity index (χ3v) is 4.62. The Bertz CT molecular complexity index is 1190. The molecule has 0 heterocycles. The fraction of sp³-hybridized carbons (Fsp3) is 0.0833. The van der Waals surface area contributed by atoms with Gasteiger partial charge in [-0.15, -0.1) is 0 Å². The Morgan fingerprint density at radius 3 is 2.27 bits per heavy atom. The molecule has 2 N–H and O–H groups in total. The smallest absolute Gasteiger partial charge is 0.343 e. The quantitative estimate of drug-likeness (QED) is 0.188. The lowest BCUT2D eigenvalue weighted by Gasteiger charge is -2.10. The number of methoxy groups -OCH3 is 1. The van der Waals surface area contributed by atoms with Crippen molar-refractivity contribution in [3.8, 4) is 11.5 Å². The molecule has 0 saturated carbocycles. The van der Waals surface area contributed by atoms with Crippen LogP contribution >= 0.6 is 11.6 Å². The van der Waals surface area contributed by atoms with Crippen LogP contribution in [0.5, 0.6) is 11.5 Å². The van der Waals surface area contributed by atoms with E-state index in [0.717, 1.165) is 5.56 Å². The van der Waals surface area contributed by atoms with Crippen LogP contribution in [-0.2, 0) is 9.59 Å². The van der Waals surface area contributed by atoms with Crippen molar-refractivity contribution in [2.75, 3.05) is 12.4 Å². The number of nitrogens with zero attached hydrogens (tertiary/aromatic N) is 1. The number of nitrogens with one attached hydrogen (secondary N) is 2. The maximum absolute atomic E-state index is 12.3. The second-order valence-electron chi connectivity index (χ2n) is 6.83. The van der Waals surface area contributed by atoms with E-state index in [9.17, 15) is 14.4 Å². The zero-order valence-corrected chi connectivity index (χ0v) is 18.6. The van der Waals surface area contributed by atoms with Crippen LogP contribution in [0.3, 0.4) is 0 Å². The number of anilines is 1. The number of ether oxygens (including phenoxy) is 2. The first-order chi connectivity index (χ1) is 15.9. The molecule has 0 spiro atoms. The third-order valence-electron chi connectivity index (χ3n) is 4.37. The number of carbonyl (C=O) groups excluding carboxylic acids is 3. The van der Waals surface area contributed by atoms with Crippen molar-refractivity contribution in [2.24, 2.45) is 5.10 Å². The van der Waals surface area contributed by atoms with Gasteiger partial charge in [0, 0.05) is 10.7 Å². The summed E-state index contributed by atoms with van der Waals surface area (Å²) in [5.41, 5.74) is 4.55. The van der Waals surface area contributed by atoms with Gasteiger partial charge in [-0.2, -0.15) is 5.10 Å². The van der Waals surface area contributed by atoms with E-state index in [0.29, 0.717) is 21.8 Å². The van der Waals surface area contributed by atoms with Crippen molar-refractivity contribution in [1.82, 2.24) is 5.43 Å². The molecule has 0 radical (unpaired) electrons. The molecule has 0 aliphatic carbocycles. The van der Waals surface area contributed by atoms with Crippen LogP contribution in [0.1, 0.15) is 21.5 Å². The molecule has 0 aromatic heterocycles. The number of amides is 2. The number of rotatable bonds is 6. The van der Waals surface area contributed by atoms with Crippen molar-refractivity contribution in [3.05, 3.63) is 88.4 Å². The SMILES string of the molecule is COc1cc(/C=N/NC(=O)C(=O)Nc2ccc(C)cc2)ccc1OC(=O)c1ccc(Cl)cc1. The van der Waals surface area contributed by atoms with Crippen LogP contribution in [0.25, 0.3) is 0 Å². The molecule has 0 atom stereocenters. The van der Waals surface area contributed by atoms with Crippen LogP contribution in [0.15, 0.2) is 71.8 Å². The summed E-state index contributed by atoms with van der Waals surface area (Å²) in [6, 6.07) is 18.0. The topological polar surface area (TPSA) is 106 Å². The zero-order valence-electron chi connectivity index (χ0n) is 17.8. The number of carbonyl (C=O) groups is 3. The molecule has 0 saturated heterocycles. The zero-order chi connectivity index (χ0) is 23.8. The average Bonchev–Trinajstić information content (AvgIpc) is 2.81. The summed E-state index contributed by atoms with van der Waals surface area (Å²) < 4.78 is 10.7. The van der Waals surface area contributed by atoms with Gasteiger partial charge in [-0.1, -0.05) is 29.3 Å². The first-order valence-electron chi connectivity index (χ1n) is 9.72. The largest absolute Gasteiger partial charge is 0.493 e. The molecule has 9 heteroatoms. The Balaban J connectivity index is 1.59. The van der Waals surface area contributed by atoms with E-state index >= 15 is 0 Å². The summed E-state index contributed by atoms with van der Waals surface area (Å²) >= 11 is 5.83. The van der Waals surface area contributed by atoms with E-state index in [1.807, 2.05) is 19.1 Å². The predicted octanol–water partition coefficient (Wildman–Crippen LogP) is 3.97. The second kappa shape index (κ2) is 10.9. The van der Waals surface area contributed by atoms with E-state index in [4.69, 9.17) is 21.1 Å².